The number of carbonyl (C=O) groups excluding carboxylic acids is 1. The minimum Gasteiger partial charge on any atom is -0.497 e. The molecule has 2 aromatic rings. The van der Waals surface area contributed by atoms with Crippen molar-refractivity contribution in [1.82, 2.24) is 9.80 Å². The van der Waals surface area contributed by atoms with Crippen LogP contribution in [0.2, 0.25) is 0 Å². The maximum absolute atomic E-state index is 12.1. The van der Waals surface area contributed by atoms with Gasteiger partial charge in [-0.2, -0.15) is 0 Å². The highest BCUT2D eigenvalue weighted by Crippen LogP contribution is 2.15. The van der Waals surface area contributed by atoms with Gasteiger partial charge in [-0.1, -0.05) is 30.3 Å². The Bertz CT molecular complexity index is 704. The first kappa shape index (κ1) is 21.7. The van der Waals surface area contributed by atoms with Crippen LogP contribution in [-0.4, -0.2) is 67.8 Å². The third-order valence-electron chi connectivity index (χ3n) is 4.69. The molecule has 1 atom stereocenters. The topological polar surface area (TPSA) is 62.2 Å². The quantitative estimate of drug-likeness (QED) is 0.826. The number of amides is 1. The fraction of sp³-hybridized carbons (Fsp3) is 0.409. The molecule has 1 aliphatic rings. The lowest BCUT2D eigenvalue weighted by Crippen LogP contribution is -2.36. The molecule has 0 saturated carbocycles. The second kappa shape index (κ2) is 11.3. The number of aliphatic hydroxyl groups is 1. The van der Waals surface area contributed by atoms with Crippen molar-refractivity contribution in [2.45, 2.75) is 19.1 Å². The summed E-state index contributed by atoms with van der Waals surface area (Å²) in [4.78, 5) is 16.1. The van der Waals surface area contributed by atoms with Gasteiger partial charge in [0.25, 0.3) is 5.91 Å². The van der Waals surface area contributed by atoms with E-state index in [1.165, 1.54) is 0 Å². The van der Waals surface area contributed by atoms with E-state index in [1.807, 2.05) is 49.3 Å². The average Bonchev–Trinajstić information content (AvgIpc) is 3.24. The molecule has 0 spiro atoms. The van der Waals surface area contributed by atoms with E-state index in [2.05, 4.69) is 4.90 Å². The van der Waals surface area contributed by atoms with E-state index in [0.717, 1.165) is 30.8 Å². The molecule has 0 radical (unpaired) electrons. The van der Waals surface area contributed by atoms with Gasteiger partial charge in [-0.15, -0.1) is 0 Å². The Balaban J connectivity index is 0.000000292. The van der Waals surface area contributed by atoms with E-state index >= 15 is 0 Å². The standard InChI is InChI=1S/C15H22N2O3.C7H8O/c1-16(2)13-7-8-17(9-13)15(19)11-20-14-5-3-12(10-18)4-6-14;1-8-7-5-3-2-4-6-7/h3-6,13,18H,7-11H2,1-2H3;2-6H,1H3. The van der Waals surface area contributed by atoms with Crippen LogP contribution in [0, 0.1) is 0 Å². The van der Waals surface area contributed by atoms with E-state index < -0.39 is 0 Å². The fourth-order valence-electron chi connectivity index (χ4n) is 2.87. The van der Waals surface area contributed by atoms with E-state index in [9.17, 15) is 4.79 Å². The van der Waals surface area contributed by atoms with Crippen LogP contribution >= 0.6 is 0 Å². The predicted octanol–water partition coefficient (Wildman–Crippen LogP) is 2.42. The SMILES string of the molecule is CN(C)C1CCN(C(=O)COc2ccc(CO)cc2)C1.COc1ccccc1. The summed E-state index contributed by atoms with van der Waals surface area (Å²) in [6, 6.07) is 17.2. The molecule has 1 N–H and O–H groups in total. The molecule has 1 unspecified atom stereocenters. The number of carbonyl (C=O) groups is 1. The van der Waals surface area contributed by atoms with Gasteiger partial charge in [0.1, 0.15) is 11.5 Å². The largest absolute Gasteiger partial charge is 0.497 e. The molecule has 2 aromatic carbocycles. The second-order valence-corrected chi connectivity index (χ2v) is 6.85. The molecule has 6 heteroatoms. The van der Waals surface area contributed by atoms with Crippen molar-refractivity contribution in [2.24, 2.45) is 0 Å². The summed E-state index contributed by atoms with van der Waals surface area (Å²) in [6.45, 7) is 1.66. The summed E-state index contributed by atoms with van der Waals surface area (Å²) in [5.74, 6) is 1.59. The molecule has 1 amide bonds. The van der Waals surface area contributed by atoms with Gasteiger partial charge in [-0.05, 0) is 50.3 Å². The van der Waals surface area contributed by atoms with Crippen LogP contribution in [0.5, 0.6) is 11.5 Å². The van der Waals surface area contributed by atoms with E-state index in [0.29, 0.717) is 11.8 Å². The van der Waals surface area contributed by atoms with Gasteiger partial charge in [0, 0.05) is 19.1 Å². The number of aliphatic hydroxyl groups excluding tert-OH is 1. The zero-order valence-corrected chi connectivity index (χ0v) is 16.9. The molecule has 0 aromatic heterocycles. The van der Waals surface area contributed by atoms with Gasteiger partial charge in [0.2, 0.25) is 0 Å². The Labute approximate surface area is 167 Å². The van der Waals surface area contributed by atoms with Crippen LogP contribution in [0.15, 0.2) is 54.6 Å². The third-order valence-corrected chi connectivity index (χ3v) is 4.69. The summed E-state index contributed by atoms with van der Waals surface area (Å²) in [7, 11) is 5.74. The molecule has 1 heterocycles. The van der Waals surface area contributed by atoms with Crippen LogP contribution in [0.1, 0.15) is 12.0 Å². The minimum absolute atomic E-state index is 0.0128. The van der Waals surface area contributed by atoms with Gasteiger partial charge in [0.15, 0.2) is 6.61 Å². The fourth-order valence-corrected chi connectivity index (χ4v) is 2.87. The molecule has 28 heavy (non-hydrogen) atoms. The highest BCUT2D eigenvalue weighted by molar-refractivity contribution is 5.78. The zero-order valence-electron chi connectivity index (χ0n) is 16.9. The van der Waals surface area contributed by atoms with E-state index in [4.69, 9.17) is 14.6 Å². The number of ether oxygens (including phenoxy) is 2. The van der Waals surface area contributed by atoms with Crippen LogP contribution in [0.25, 0.3) is 0 Å². The van der Waals surface area contributed by atoms with Crippen molar-refractivity contribution < 1.29 is 19.4 Å². The summed E-state index contributed by atoms with van der Waals surface area (Å²) < 4.78 is 10.4. The lowest BCUT2D eigenvalue weighted by Gasteiger charge is -2.20. The van der Waals surface area contributed by atoms with Gasteiger partial charge in [-0.25, -0.2) is 0 Å². The van der Waals surface area contributed by atoms with Crippen molar-refractivity contribution >= 4 is 5.91 Å². The highest BCUT2D eigenvalue weighted by Gasteiger charge is 2.27. The van der Waals surface area contributed by atoms with Crippen molar-refractivity contribution in [3.8, 4) is 11.5 Å². The normalized spacial score (nSPS) is 15.8. The molecule has 1 aliphatic heterocycles. The first-order valence-electron chi connectivity index (χ1n) is 9.39. The van der Waals surface area contributed by atoms with E-state index in [-0.39, 0.29) is 19.1 Å². The number of nitrogens with zero attached hydrogens (tertiary/aromatic N) is 2. The second-order valence-electron chi connectivity index (χ2n) is 6.85. The van der Waals surface area contributed by atoms with Gasteiger partial charge in [-0.3, -0.25) is 4.79 Å². The molecular weight excluding hydrogens is 356 g/mol. The highest BCUT2D eigenvalue weighted by atomic mass is 16.5. The number of likely N-dealkylation sites (tertiary alicyclic amines) is 1. The number of likely N-dealkylation sites (N-methyl/N-ethyl adjacent to an activating group) is 1. The lowest BCUT2D eigenvalue weighted by molar-refractivity contribution is -0.132. The summed E-state index contributed by atoms with van der Waals surface area (Å²) >= 11 is 0. The summed E-state index contributed by atoms with van der Waals surface area (Å²) in [5.41, 5.74) is 0.831. The first-order valence-corrected chi connectivity index (χ1v) is 9.39. The lowest BCUT2D eigenvalue weighted by atomic mass is 10.2. The average molecular weight is 386 g/mol. The molecular formula is C22H30N2O4. The number of para-hydroxylation sites is 1. The maximum atomic E-state index is 12.1. The minimum atomic E-state index is 0.0128. The van der Waals surface area contributed by atoms with Crippen LogP contribution < -0.4 is 9.47 Å². The number of rotatable bonds is 6. The van der Waals surface area contributed by atoms with Crippen LogP contribution in [0.4, 0.5) is 0 Å². The molecule has 3 rings (SSSR count). The molecule has 1 saturated heterocycles. The Morgan fingerprint density at radius 3 is 2.29 bits per heavy atom. The van der Waals surface area contributed by atoms with Crippen molar-refractivity contribution in [3.63, 3.8) is 0 Å². The van der Waals surface area contributed by atoms with Crippen LogP contribution in [-0.2, 0) is 11.4 Å². The number of benzene rings is 2. The number of hydrogen-bond acceptors (Lipinski definition) is 5. The van der Waals surface area contributed by atoms with Crippen molar-refractivity contribution in [1.29, 1.82) is 0 Å². The molecule has 152 valence electrons. The van der Waals surface area contributed by atoms with E-state index in [1.54, 1.807) is 31.4 Å². The molecule has 0 aliphatic carbocycles. The molecule has 6 nitrogen and oxygen atoms in total. The van der Waals surface area contributed by atoms with Gasteiger partial charge < -0.3 is 24.4 Å². The van der Waals surface area contributed by atoms with Crippen molar-refractivity contribution in [3.05, 3.63) is 60.2 Å². The summed E-state index contributed by atoms with van der Waals surface area (Å²) in [5, 5.41) is 8.95. The monoisotopic (exact) mass is 386 g/mol. The molecule has 1 fully saturated rings. The van der Waals surface area contributed by atoms with Gasteiger partial charge in [0.05, 0.1) is 13.7 Å². The number of methoxy groups -OCH3 is 1. The van der Waals surface area contributed by atoms with Gasteiger partial charge >= 0.3 is 0 Å². The Morgan fingerprint density at radius 1 is 1.11 bits per heavy atom. The predicted molar refractivity (Wildman–Crippen MR) is 110 cm³/mol. The molecule has 0 bridgehead atoms. The zero-order chi connectivity index (χ0) is 20.4. The van der Waals surface area contributed by atoms with Crippen LogP contribution in [0.3, 0.4) is 0 Å². The number of hydrogen-bond donors (Lipinski definition) is 1. The summed E-state index contributed by atoms with van der Waals surface area (Å²) in [6.07, 6.45) is 1.02. The maximum Gasteiger partial charge on any atom is 0.260 e. The third kappa shape index (κ3) is 6.87. The van der Waals surface area contributed by atoms with Crippen molar-refractivity contribution in [2.75, 3.05) is 40.9 Å². The smallest absolute Gasteiger partial charge is 0.260 e. The Hall–Kier alpha value is -2.57. The first-order chi connectivity index (χ1) is 13.5. The Morgan fingerprint density at radius 2 is 1.79 bits per heavy atom. The Kier molecular flexibility index (Phi) is 8.78.